The number of carbonyl (C=O) groups excluding carboxylic acids is 1. The Morgan fingerprint density at radius 2 is 2.04 bits per heavy atom. The molecule has 1 aliphatic rings. The van der Waals surface area contributed by atoms with Crippen LogP contribution in [0.2, 0.25) is 0 Å². The van der Waals surface area contributed by atoms with E-state index in [0.717, 1.165) is 0 Å². The van der Waals surface area contributed by atoms with E-state index in [1.807, 2.05) is 13.0 Å². The predicted octanol–water partition coefficient (Wildman–Crippen LogP) is 2.08. The van der Waals surface area contributed by atoms with Gasteiger partial charge in [-0.05, 0) is 38.3 Å². The van der Waals surface area contributed by atoms with Gasteiger partial charge in [-0.3, -0.25) is 9.59 Å². The van der Waals surface area contributed by atoms with Crippen LogP contribution in [-0.4, -0.2) is 42.8 Å². The molecular weight excluding hydrogens is 298 g/mol. The number of amides is 1. The molecule has 1 aromatic rings. The van der Waals surface area contributed by atoms with Gasteiger partial charge < -0.3 is 19.9 Å². The second-order valence-corrected chi connectivity index (χ2v) is 5.56. The van der Waals surface area contributed by atoms with E-state index in [0.29, 0.717) is 50.4 Å². The highest BCUT2D eigenvalue weighted by Gasteiger charge is 2.31. The zero-order chi connectivity index (χ0) is 16.7. The number of para-hydroxylation sites is 1. The van der Waals surface area contributed by atoms with Crippen LogP contribution in [0.4, 0.5) is 0 Å². The standard InChI is InChI=1S/C17H23NO5/c1-2-22-9-10-23-15-6-4-3-5-14(15)16(19)18-13-8-7-12(11-13)17(20)21/h3-6,12-13H,2,7-11H2,1H3,(H,18,19)(H,20,21)/t12-,13+/m1/s1. The first kappa shape index (κ1) is 17.3. The molecule has 0 spiro atoms. The summed E-state index contributed by atoms with van der Waals surface area (Å²) in [7, 11) is 0. The molecule has 2 atom stereocenters. The van der Waals surface area contributed by atoms with Gasteiger partial charge in [0.15, 0.2) is 0 Å². The van der Waals surface area contributed by atoms with E-state index in [2.05, 4.69) is 5.32 Å². The third-order valence-corrected chi connectivity index (χ3v) is 3.94. The van der Waals surface area contributed by atoms with Crippen LogP contribution >= 0.6 is 0 Å². The van der Waals surface area contributed by atoms with Gasteiger partial charge in [-0.2, -0.15) is 0 Å². The van der Waals surface area contributed by atoms with Gasteiger partial charge in [0.05, 0.1) is 18.1 Å². The highest BCUT2D eigenvalue weighted by Crippen LogP contribution is 2.26. The van der Waals surface area contributed by atoms with Crippen molar-refractivity contribution in [1.29, 1.82) is 0 Å². The van der Waals surface area contributed by atoms with Gasteiger partial charge in [-0.25, -0.2) is 0 Å². The molecule has 1 amide bonds. The SMILES string of the molecule is CCOCCOc1ccccc1C(=O)N[C@H]1CC[C@@H](C(=O)O)C1. The smallest absolute Gasteiger partial charge is 0.306 e. The molecule has 1 aromatic carbocycles. The van der Waals surface area contributed by atoms with E-state index in [4.69, 9.17) is 14.6 Å². The van der Waals surface area contributed by atoms with Crippen LogP contribution < -0.4 is 10.1 Å². The maximum absolute atomic E-state index is 12.4. The molecular formula is C17H23NO5. The quantitative estimate of drug-likeness (QED) is 0.716. The van der Waals surface area contributed by atoms with Crippen LogP contribution in [-0.2, 0) is 9.53 Å². The number of hydrogen-bond acceptors (Lipinski definition) is 4. The largest absolute Gasteiger partial charge is 0.490 e. The Morgan fingerprint density at radius 1 is 1.26 bits per heavy atom. The predicted molar refractivity (Wildman–Crippen MR) is 84.7 cm³/mol. The fraction of sp³-hybridized carbons (Fsp3) is 0.529. The van der Waals surface area contributed by atoms with Crippen molar-refractivity contribution in [2.24, 2.45) is 5.92 Å². The average Bonchev–Trinajstić information content (AvgIpc) is 3.00. The zero-order valence-corrected chi connectivity index (χ0v) is 13.3. The van der Waals surface area contributed by atoms with Crippen molar-refractivity contribution in [2.45, 2.75) is 32.2 Å². The molecule has 6 nitrogen and oxygen atoms in total. The number of carboxylic acids is 1. The molecule has 0 radical (unpaired) electrons. The molecule has 0 bridgehead atoms. The third kappa shape index (κ3) is 4.96. The molecule has 1 aliphatic carbocycles. The van der Waals surface area contributed by atoms with Crippen molar-refractivity contribution in [2.75, 3.05) is 19.8 Å². The summed E-state index contributed by atoms with van der Waals surface area (Å²) in [6.07, 6.45) is 1.78. The maximum Gasteiger partial charge on any atom is 0.306 e. The van der Waals surface area contributed by atoms with E-state index >= 15 is 0 Å². The Bertz CT molecular complexity index is 546. The molecule has 0 saturated heterocycles. The van der Waals surface area contributed by atoms with Crippen LogP contribution in [0.3, 0.4) is 0 Å². The summed E-state index contributed by atoms with van der Waals surface area (Å²) in [4.78, 5) is 23.4. The van der Waals surface area contributed by atoms with E-state index in [1.165, 1.54) is 0 Å². The van der Waals surface area contributed by atoms with E-state index in [-0.39, 0.29) is 17.9 Å². The van der Waals surface area contributed by atoms with Gasteiger partial charge in [0, 0.05) is 12.6 Å². The van der Waals surface area contributed by atoms with Crippen LogP contribution in [0.15, 0.2) is 24.3 Å². The van der Waals surface area contributed by atoms with Crippen LogP contribution in [0.25, 0.3) is 0 Å². The summed E-state index contributed by atoms with van der Waals surface area (Å²) in [6, 6.07) is 6.94. The summed E-state index contributed by atoms with van der Waals surface area (Å²) in [6.45, 7) is 3.38. The molecule has 2 N–H and O–H groups in total. The first-order valence-corrected chi connectivity index (χ1v) is 7.95. The second-order valence-electron chi connectivity index (χ2n) is 5.56. The minimum Gasteiger partial charge on any atom is -0.490 e. The van der Waals surface area contributed by atoms with Gasteiger partial charge in [0.1, 0.15) is 12.4 Å². The van der Waals surface area contributed by atoms with Crippen molar-refractivity contribution in [3.05, 3.63) is 29.8 Å². The molecule has 6 heteroatoms. The molecule has 2 rings (SSSR count). The summed E-state index contributed by atoms with van der Waals surface area (Å²) in [5.74, 6) is -0.870. The fourth-order valence-electron chi connectivity index (χ4n) is 2.74. The van der Waals surface area contributed by atoms with E-state index < -0.39 is 5.97 Å². The van der Waals surface area contributed by atoms with Crippen LogP contribution in [0.5, 0.6) is 5.75 Å². The number of rotatable bonds is 8. The van der Waals surface area contributed by atoms with E-state index in [1.54, 1.807) is 18.2 Å². The number of ether oxygens (including phenoxy) is 2. The number of carbonyl (C=O) groups is 2. The molecule has 0 aromatic heterocycles. The molecule has 0 aliphatic heterocycles. The first-order chi connectivity index (χ1) is 11.1. The van der Waals surface area contributed by atoms with E-state index in [9.17, 15) is 9.59 Å². The normalized spacial score (nSPS) is 20.2. The number of benzene rings is 1. The Balaban J connectivity index is 1.93. The van der Waals surface area contributed by atoms with Gasteiger partial charge in [0.25, 0.3) is 5.91 Å². The van der Waals surface area contributed by atoms with Gasteiger partial charge in [0.2, 0.25) is 0 Å². The van der Waals surface area contributed by atoms with Crippen molar-refractivity contribution >= 4 is 11.9 Å². The highest BCUT2D eigenvalue weighted by molar-refractivity contribution is 5.97. The van der Waals surface area contributed by atoms with Gasteiger partial charge in [-0.15, -0.1) is 0 Å². The molecule has 1 fully saturated rings. The Kier molecular flexibility index (Phi) is 6.40. The molecule has 0 heterocycles. The molecule has 23 heavy (non-hydrogen) atoms. The summed E-state index contributed by atoms with van der Waals surface area (Å²) in [5, 5.41) is 11.9. The van der Waals surface area contributed by atoms with Crippen molar-refractivity contribution in [1.82, 2.24) is 5.32 Å². The van der Waals surface area contributed by atoms with Crippen LogP contribution in [0.1, 0.15) is 36.5 Å². The number of aliphatic carboxylic acids is 1. The lowest BCUT2D eigenvalue weighted by Crippen LogP contribution is -2.33. The van der Waals surface area contributed by atoms with Gasteiger partial charge in [-0.1, -0.05) is 12.1 Å². The molecule has 0 unspecified atom stereocenters. The summed E-state index contributed by atoms with van der Waals surface area (Å²) >= 11 is 0. The zero-order valence-electron chi connectivity index (χ0n) is 13.3. The lowest BCUT2D eigenvalue weighted by atomic mass is 10.1. The minimum absolute atomic E-state index is 0.0971. The Morgan fingerprint density at radius 3 is 2.74 bits per heavy atom. The highest BCUT2D eigenvalue weighted by atomic mass is 16.5. The molecule has 126 valence electrons. The lowest BCUT2D eigenvalue weighted by molar-refractivity contribution is -0.141. The van der Waals surface area contributed by atoms with Crippen molar-refractivity contribution < 1.29 is 24.2 Å². The average molecular weight is 321 g/mol. The Hall–Kier alpha value is -2.08. The maximum atomic E-state index is 12.4. The Labute approximate surface area is 135 Å². The number of carboxylic acid groups (broad SMARTS) is 1. The molecule has 1 saturated carbocycles. The van der Waals surface area contributed by atoms with Crippen molar-refractivity contribution in [3.63, 3.8) is 0 Å². The number of hydrogen-bond donors (Lipinski definition) is 2. The van der Waals surface area contributed by atoms with Crippen LogP contribution in [0, 0.1) is 5.92 Å². The fourth-order valence-corrected chi connectivity index (χ4v) is 2.74. The lowest BCUT2D eigenvalue weighted by Gasteiger charge is -2.15. The second kappa shape index (κ2) is 8.53. The first-order valence-electron chi connectivity index (χ1n) is 7.95. The summed E-state index contributed by atoms with van der Waals surface area (Å²) < 4.78 is 10.8. The topological polar surface area (TPSA) is 84.9 Å². The number of nitrogens with one attached hydrogen (secondary N) is 1. The monoisotopic (exact) mass is 321 g/mol. The summed E-state index contributed by atoms with van der Waals surface area (Å²) in [5.41, 5.74) is 0.461. The third-order valence-electron chi connectivity index (χ3n) is 3.94. The van der Waals surface area contributed by atoms with Crippen molar-refractivity contribution in [3.8, 4) is 5.75 Å². The minimum atomic E-state index is -0.790. The van der Waals surface area contributed by atoms with Gasteiger partial charge >= 0.3 is 5.97 Å².